The molecule has 0 unspecified atom stereocenters. The van der Waals surface area contributed by atoms with Crippen LogP contribution in [0.1, 0.15) is 25.6 Å². The van der Waals surface area contributed by atoms with E-state index in [9.17, 15) is 9.59 Å². The predicted octanol–water partition coefficient (Wildman–Crippen LogP) is 3.79. The molecule has 0 saturated carbocycles. The molecule has 5 nitrogen and oxygen atoms in total. The van der Waals surface area contributed by atoms with Crippen LogP contribution in [0.4, 0.5) is 5.69 Å². The highest BCUT2D eigenvalue weighted by atomic mass is 32.2. The molecule has 0 aliphatic carbocycles. The number of nitrogens with one attached hydrogen (secondary N) is 2. The van der Waals surface area contributed by atoms with E-state index in [1.807, 2.05) is 24.3 Å². The molecule has 25 heavy (non-hydrogen) atoms. The number of carbonyl (C=O) groups excluding carboxylic acids is 2. The molecule has 2 amide bonds. The van der Waals surface area contributed by atoms with Crippen LogP contribution < -0.4 is 10.6 Å². The Kier molecular flexibility index (Phi) is 4.25. The van der Waals surface area contributed by atoms with Gasteiger partial charge in [0.25, 0.3) is 11.8 Å². The third-order valence-corrected chi connectivity index (χ3v) is 5.68. The summed E-state index contributed by atoms with van der Waals surface area (Å²) in [6.45, 7) is 0.438. The number of fused-ring (bicyclic) bond motifs is 2. The van der Waals surface area contributed by atoms with Crippen LogP contribution in [0.3, 0.4) is 0 Å². The van der Waals surface area contributed by atoms with Crippen LogP contribution in [0, 0.1) is 0 Å². The van der Waals surface area contributed by atoms with E-state index in [0.717, 1.165) is 14.7 Å². The number of rotatable bonds is 3. The first-order valence-corrected chi connectivity index (χ1v) is 9.28. The van der Waals surface area contributed by atoms with Gasteiger partial charge in [0.1, 0.15) is 0 Å². The molecule has 0 saturated heterocycles. The van der Waals surface area contributed by atoms with Crippen molar-refractivity contribution in [1.29, 1.82) is 0 Å². The third-order valence-electron chi connectivity index (χ3n) is 3.75. The molecule has 1 aromatic heterocycles. The summed E-state index contributed by atoms with van der Waals surface area (Å²) in [7, 11) is 0. The molecule has 0 atom stereocenters. The van der Waals surface area contributed by atoms with Crippen molar-refractivity contribution in [3.8, 4) is 0 Å². The number of thiazole rings is 1. The van der Waals surface area contributed by atoms with E-state index < -0.39 is 0 Å². The summed E-state index contributed by atoms with van der Waals surface area (Å²) in [5.41, 5.74) is 3.53. The van der Waals surface area contributed by atoms with Crippen molar-refractivity contribution in [3.63, 3.8) is 0 Å². The molecule has 0 spiro atoms. The van der Waals surface area contributed by atoms with Gasteiger partial charge in [-0.1, -0.05) is 23.9 Å². The molecule has 2 heterocycles. The largest absolute Gasteiger partial charge is 0.347 e. The zero-order chi connectivity index (χ0) is 17.2. The number of carbonyl (C=O) groups is 2. The standard InChI is InChI=1S/C18H13N3O2S2/c22-17(20-9-12-8-19-10-24-12)11-5-6-16-14(7-11)21-18(23)13-3-1-2-4-15(13)25-16/h1-8,10H,9H2,(H,20,22)(H,21,23). The van der Waals surface area contributed by atoms with Crippen molar-refractivity contribution in [2.75, 3.05) is 5.32 Å². The number of amides is 2. The Morgan fingerprint density at radius 1 is 1.16 bits per heavy atom. The highest BCUT2D eigenvalue weighted by Gasteiger charge is 2.20. The Morgan fingerprint density at radius 3 is 2.88 bits per heavy atom. The number of anilines is 1. The Labute approximate surface area is 152 Å². The first-order chi connectivity index (χ1) is 12.2. The van der Waals surface area contributed by atoms with Gasteiger partial charge in [-0.25, -0.2) is 0 Å². The summed E-state index contributed by atoms with van der Waals surface area (Å²) >= 11 is 3.01. The van der Waals surface area contributed by atoms with Crippen LogP contribution in [0.5, 0.6) is 0 Å². The summed E-state index contributed by atoms with van der Waals surface area (Å²) in [5.74, 6) is -0.346. The lowest BCUT2D eigenvalue weighted by Crippen LogP contribution is -2.22. The lowest BCUT2D eigenvalue weighted by molar-refractivity contribution is 0.0949. The highest BCUT2D eigenvalue weighted by molar-refractivity contribution is 7.99. The molecule has 2 N–H and O–H groups in total. The van der Waals surface area contributed by atoms with Crippen molar-refractivity contribution >= 4 is 40.6 Å². The second kappa shape index (κ2) is 6.70. The molecule has 2 aromatic carbocycles. The maximum atomic E-state index is 12.4. The number of hydrogen-bond acceptors (Lipinski definition) is 5. The van der Waals surface area contributed by atoms with Crippen LogP contribution in [-0.4, -0.2) is 16.8 Å². The summed E-state index contributed by atoms with van der Waals surface area (Å²) < 4.78 is 0. The Bertz CT molecular complexity index is 955. The Morgan fingerprint density at radius 2 is 2.04 bits per heavy atom. The van der Waals surface area contributed by atoms with Gasteiger partial charge >= 0.3 is 0 Å². The monoisotopic (exact) mass is 367 g/mol. The quantitative estimate of drug-likeness (QED) is 0.739. The molecule has 124 valence electrons. The fourth-order valence-electron chi connectivity index (χ4n) is 2.51. The first-order valence-electron chi connectivity index (χ1n) is 7.58. The third kappa shape index (κ3) is 3.29. The zero-order valence-corrected chi connectivity index (χ0v) is 14.6. The zero-order valence-electron chi connectivity index (χ0n) is 13.0. The van der Waals surface area contributed by atoms with E-state index in [0.29, 0.717) is 23.4 Å². The highest BCUT2D eigenvalue weighted by Crippen LogP contribution is 2.38. The summed E-state index contributed by atoms with van der Waals surface area (Å²) in [4.78, 5) is 31.6. The molecule has 7 heteroatoms. The van der Waals surface area contributed by atoms with Gasteiger partial charge in [-0.05, 0) is 30.3 Å². The Hall–Kier alpha value is -2.64. The van der Waals surface area contributed by atoms with Crippen molar-refractivity contribution in [3.05, 3.63) is 70.2 Å². The second-order valence-electron chi connectivity index (χ2n) is 5.41. The average Bonchev–Trinajstić information content (AvgIpc) is 3.10. The predicted molar refractivity (Wildman–Crippen MR) is 98.2 cm³/mol. The van der Waals surface area contributed by atoms with E-state index in [1.165, 1.54) is 23.1 Å². The SMILES string of the molecule is O=C(NCc1cncs1)c1ccc2c(c1)NC(=O)c1ccccc1S2. The molecule has 0 bridgehead atoms. The van der Waals surface area contributed by atoms with Gasteiger partial charge in [0, 0.05) is 26.4 Å². The fourth-order valence-corrected chi connectivity index (χ4v) is 4.05. The molecule has 1 aliphatic heterocycles. The van der Waals surface area contributed by atoms with Gasteiger partial charge in [-0.2, -0.15) is 0 Å². The van der Waals surface area contributed by atoms with Gasteiger partial charge in [0.15, 0.2) is 0 Å². The van der Waals surface area contributed by atoms with E-state index in [2.05, 4.69) is 15.6 Å². The van der Waals surface area contributed by atoms with E-state index in [1.54, 1.807) is 29.9 Å². The van der Waals surface area contributed by atoms with Crippen molar-refractivity contribution in [2.24, 2.45) is 0 Å². The topological polar surface area (TPSA) is 71.1 Å². The molecule has 1 aliphatic rings. The van der Waals surface area contributed by atoms with Gasteiger partial charge in [-0.15, -0.1) is 11.3 Å². The minimum atomic E-state index is -0.183. The second-order valence-corrected chi connectivity index (χ2v) is 7.47. The first kappa shape index (κ1) is 15.9. The van der Waals surface area contributed by atoms with E-state index >= 15 is 0 Å². The van der Waals surface area contributed by atoms with Crippen molar-refractivity contribution in [1.82, 2.24) is 10.3 Å². The number of hydrogen-bond donors (Lipinski definition) is 2. The molecule has 0 radical (unpaired) electrons. The summed E-state index contributed by atoms with van der Waals surface area (Å²) in [6.07, 6.45) is 1.73. The maximum Gasteiger partial charge on any atom is 0.256 e. The molecular weight excluding hydrogens is 354 g/mol. The Balaban J connectivity index is 1.57. The normalized spacial score (nSPS) is 12.6. The smallest absolute Gasteiger partial charge is 0.256 e. The minimum absolute atomic E-state index is 0.163. The minimum Gasteiger partial charge on any atom is -0.347 e. The van der Waals surface area contributed by atoms with Gasteiger partial charge in [0.2, 0.25) is 0 Å². The van der Waals surface area contributed by atoms with Gasteiger partial charge in [0.05, 0.1) is 23.3 Å². The number of aromatic nitrogens is 1. The number of nitrogens with zero attached hydrogens (tertiary/aromatic N) is 1. The summed E-state index contributed by atoms with van der Waals surface area (Å²) in [6, 6.07) is 12.8. The fraction of sp³-hybridized carbons (Fsp3) is 0.0556. The van der Waals surface area contributed by atoms with Crippen LogP contribution in [0.25, 0.3) is 0 Å². The van der Waals surface area contributed by atoms with Crippen molar-refractivity contribution in [2.45, 2.75) is 16.3 Å². The maximum absolute atomic E-state index is 12.4. The van der Waals surface area contributed by atoms with Crippen LogP contribution in [-0.2, 0) is 6.54 Å². The number of benzene rings is 2. The molecule has 0 fully saturated rings. The summed E-state index contributed by atoms with van der Waals surface area (Å²) in [5, 5.41) is 5.76. The van der Waals surface area contributed by atoms with E-state index in [-0.39, 0.29) is 11.8 Å². The van der Waals surface area contributed by atoms with Crippen LogP contribution in [0.2, 0.25) is 0 Å². The molecule has 3 aromatic rings. The molecular formula is C18H13N3O2S2. The van der Waals surface area contributed by atoms with Crippen LogP contribution >= 0.6 is 23.1 Å². The van der Waals surface area contributed by atoms with Crippen molar-refractivity contribution < 1.29 is 9.59 Å². The van der Waals surface area contributed by atoms with Crippen LogP contribution in [0.15, 0.2) is 64.0 Å². The van der Waals surface area contributed by atoms with E-state index in [4.69, 9.17) is 0 Å². The lowest BCUT2D eigenvalue weighted by Gasteiger charge is -2.09. The van der Waals surface area contributed by atoms with Gasteiger partial charge in [-0.3, -0.25) is 14.6 Å². The van der Waals surface area contributed by atoms with Gasteiger partial charge < -0.3 is 10.6 Å². The average molecular weight is 367 g/mol. The lowest BCUT2D eigenvalue weighted by atomic mass is 10.1. The molecule has 4 rings (SSSR count).